The lowest BCUT2D eigenvalue weighted by atomic mass is 10.0. The summed E-state index contributed by atoms with van der Waals surface area (Å²) in [6.07, 6.45) is 6.28. The zero-order valence-electron chi connectivity index (χ0n) is 23.4. The van der Waals surface area contributed by atoms with Crippen molar-refractivity contribution in [3.8, 4) is 5.75 Å². The van der Waals surface area contributed by atoms with Crippen molar-refractivity contribution in [3.63, 3.8) is 0 Å². The Labute approximate surface area is 242 Å². The van der Waals surface area contributed by atoms with E-state index in [0.29, 0.717) is 68.6 Å². The maximum Gasteiger partial charge on any atom is 0.243 e. The van der Waals surface area contributed by atoms with E-state index in [1.54, 1.807) is 12.1 Å². The van der Waals surface area contributed by atoms with Gasteiger partial charge in [-0.2, -0.15) is 0 Å². The van der Waals surface area contributed by atoms with Crippen molar-refractivity contribution in [2.24, 2.45) is 5.92 Å². The standard InChI is InChI=1S/C31H41ClN4O4/c1-22(2)19-26-30(38)34-15-6-5-14-29(37)36-27(21-23-9-7-12-25(32)20-23)31(39)35-16-8-11-24-10-3-4-13-28(24)40-18-17-33-26/h3-4,7-13,20,22,26-27,33H,5-6,14-19,21H2,1-2H3,(H,34,38)(H,35,39)(H,36,37)/b11-8+/t26?,27-/m0/s1. The first-order valence-electron chi connectivity index (χ1n) is 14.0. The van der Waals surface area contributed by atoms with Crippen molar-refractivity contribution in [2.45, 2.75) is 58.0 Å². The Morgan fingerprint density at radius 1 is 0.950 bits per heavy atom. The summed E-state index contributed by atoms with van der Waals surface area (Å²) in [7, 11) is 0. The molecule has 2 aromatic rings. The number of hydrogen-bond acceptors (Lipinski definition) is 5. The van der Waals surface area contributed by atoms with Gasteiger partial charge in [-0.1, -0.05) is 67.9 Å². The van der Waals surface area contributed by atoms with Crippen molar-refractivity contribution in [2.75, 3.05) is 26.2 Å². The lowest BCUT2D eigenvalue weighted by Gasteiger charge is -2.20. The first-order valence-corrected chi connectivity index (χ1v) is 14.4. The van der Waals surface area contributed by atoms with Crippen molar-refractivity contribution in [3.05, 3.63) is 70.8 Å². The van der Waals surface area contributed by atoms with E-state index in [9.17, 15) is 14.4 Å². The molecule has 40 heavy (non-hydrogen) atoms. The maximum absolute atomic E-state index is 13.1. The van der Waals surface area contributed by atoms with Gasteiger partial charge in [0, 0.05) is 43.1 Å². The Morgan fingerprint density at radius 2 is 1.75 bits per heavy atom. The van der Waals surface area contributed by atoms with E-state index < -0.39 is 6.04 Å². The van der Waals surface area contributed by atoms with Gasteiger partial charge in [0.1, 0.15) is 18.4 Å². The molecule has 0 spiro atoms. The van der Waals surface area contributed by atoms with Gasteiger partial charge in [-0.15, -0.1) is 0 Å². The van der Waals surface area contributed by atoms with Crippen molar-refractivity contribution in [1.82, 2.24) is 21.3 Å². The molecule has 2 atom stereocenters. The largest absolute Gasteiger partial charge is 0.492 e. The number of hydrogen-bond donors (Lipinski definition) is 4. The lowest BCUT2D eigenvalue weighted by Crippen LogP contribution is -2.48. The van der Waals surface area contributed by atoms with Gasteiger partial charge in [0.25, 0.3) is 0 Å². The van der Waals surface area contributed by atoms with Gasteiger partial charge in [-0.05, 0) is 48.9 Å². The van der Waals surface area contributed by atoms with E-state index in [0.717, 1.165) is 11.1 Å². The summed E-state index contributed by atoms with van der Waals surface area (Å²) in [5, 5.41) is 12.7. The van der Waals surface area contributed by atoms with Gasteiger partial charge in [0.15, 0.2) is 0 Å². The van der Waals surface area contributed by atoms with Gasteiger partial charge < -0.3 is 26.0 Å². The van der Waals surface area contributed by atoms with Crippen LogP contribution in [0.1, 0.15) is 50.7 Å². The molecule has 3 rings (SSSR count). The molecule has 216 valence electrons. The van der Waals surface area contributed by atoms with Crippen LogP contribution in [0.5, 0.6) is 5.75 Å². The SMILES string of the molecule is CC(C)CC1NCCOc2ccccc2/C=C/CNC(=O)[C@H](Cc2cccc(Cl)c2)NC(=O)CCCCNC1=O. The molecule has 0 saturated carbocycles. The average molecular weight is 569 g/mol. The van der Waals surface area contributed by atoms with Crippen LogP contribution in [-0.4, -0.2) is 56.0 Å². The molecule has 0 bridgehead atoms. The Kier molecular flexibility index (Phi) is 13.0. The lowest BCUT2D eigenvalue weighted by molar-refractivity contribution is -0.128. The highest BCUT2D eigenvalue weighted by atomic mass is 35.5. The number of rotatable bonds is 4. The predicted octanol–water partition coefficient (Wildman–Crippen LogP) is 3.88. The summed E-state index contributed by atoms with van der Waals surface area (Å²) in [6, 6.07) is 13.9. The van der Waals surface area contributed by atoms with Crippen LogP contribution in [0.15, 0.2) is 54.6 Å². The monoisotopic (exact) mass is 568 g/mol. The number of amides is 3. The third-order valence-corrected chi connectivity index (χ3v) is 6.73. The number of halogens is 1. The normalized spacial score (nSPS) is 21.1. The molecule has 0 saturated heterocycles. The molecule has 1 aliphatic heterocycles. The number of fused-ring (bicyclic) bond motifs is 1. The van der Waals surface area contributed by atoms with Crippen LogP contribution >= 0.6 is 11.6 Å². The summed E-state index contributed by atoms with van der Waals surface area (Å²) >= 11 is 6.14. The molecule has 1 unspecified atom stereocenters. The summed E-state index contributed by atoms with van der Waals surface area (Å²) < 4.78 is 6.01. The minimum Gasteiger partial charge on any atom is -0.492 e. The number of nitrogens with one attached hydrogen (secondary N) is 4. The van der Waals surface area contributed by atoms with Crippen molar-refractivity contribution < 1.29 is 19.1 Å². The quantitative estimate of drug-likeness (QED) is 0.448. The molecule has 0 fully saturated rings. The maximum atomic E-state index is 13.1. The van der Waals surface area contributed by atoms with Gasteiger partial charge in [0.2, 0.25) is 17.7 Å². The third-order valence-electron chi connectivity index (χ3n) is 6.49. The van der Waals surface area contributed by atoms with Crippen LogP contribution in [-0.2, 0) is 20.8 Å². The van der Waals surface area contributed by atoms with Crippen LogP contribution in [0.2, 0.25) is 5.02 Å². The molecule has 1 aliphatic rings. The fourth-order valence-corrected chi connectivity index (χ4v) is 4.70. The van der Waals surface area contributed by atoms with E-state index in [-0.39, 0.29) is 30.2 Å². The Balaban J connectivity index is 1.73. The first kappa shape index (κ1) is 31.2. The Bertz CT molecular complexity index is 1150. The third kappa shape index (κ3) is 11.0. The Morgan fingerprint density at radius 3 is 2.55 bits per heavy atom. The zero-order chi connectivity index (χ0) is 28.7. The molecule has 1 heterocycles. The number of ether oxygens (including phenoxy) is 1. The van der Waals surface area contributed by atoms with Crippen LogP contribution < -0.4 is 26.0 Å². The number of benzene rings is 2. The molecule has 0 radical (unpaired) electrons. The summed E-state index contributed by atoms with van der Waals surface area (Å²) in [4.78, 5) is 38.7. The fourth-order valence-electron chi connectivity index (χ4n) is 4.49. The molecule has 2 aromatic carbocycles. The van der Waals surface area contributed by atoms with E-state index in [1.807, 2.05) is 48.6 Å². The van der Waals surface area contributed by atoms with Gasteiger partial charge in [-0.3, -0.25) is 14.4 Å². The molecule has 8 nitrogen and oxygen atoms in total. The first-order chi connectivity index (χ1) is 19.3. The molecular formula is C31H41ClN4O4. The van der Waals surface area contributed by atoms with E-state index >= 15 is 0 Å². The average Bonchev–Trinajstić information content (AvgIpc) is 2.92. The molecule has 9 heteroatoms. The highest BCUT2D eigenvalue weighted by molar-refractivity contribution is 6.30. The van der Waals surface area contributed by atoms with E-state index in [2.05, 4.69) is 35.1 Å². The molecule has 4 N–H and O–H groups in total. The fraction of sp³-hybridized carbons (Fsp3) is 0.452. The van der Waals surface area contributed by atoms with Crippen LogP contribution in [0.3, 0.4) is 0 Å². The van der Waals surface area contributed by atoms with Crippen LogP contribution in [0, 0.1) is 5.92 Å². The smallest absolute Gasteiger partial charge is 0.243 e. The van der Waals surface area contributed by atoms with Crippen molar-refractivity contribution in [1.29, 1.82) is 0 Å². The second-order valence-electron chi connectivity index (χ2n) is 10.4. The minimum absolute atomic E-state index is 0.0503. The summed E-state index contributed by atoms with van der Waals surface area (Å²) in [6.45, 7) is 5.87. The second-order valence-corrected chi connectivity index (χ2v) is 10.8. The van der Waals surface area contributed by atoms with E-state index in [1.165, 1.54) is 0 Å². The summed E-state index contributed by atoms with van der Waals surface area (Å²) in [5.74, 6) is 0.534. The number of para-hydroxylation sites is 1. The topological polar surface area (TPSA) is 109 Å². The second kappa shape index (κ2) is 16.7. The molecular weight excluding hydrogens is 528 g/mol. The molecule has 0 aliphatic carbocycles. The Hall–Kier alpha value is -3.36. The van der Waals surface area contributed by atoms with E-state index in [4.69, 9.17) is 16.3 Å². The number of carbonyl (C=O) groups excluding carboxylic acids is 3. The summed E-state index contributed by atoms with van der Waals surface area (Å²) in [5.41, 5.74) is 1.73. The molecule has 3 amide bonds. The minimum atomic E-state index is -0.744. The predicted molar refractivity (Wildman–Crippen MR) is 159 cm³/mol. The number of carbonyl (C=O) groups is 3. The highest BCUT2D eigenvalue weighted by Crippen LogP contribution is 2.19. The highest BCUT2D eigenvalue weighted by Gasteiger charge is 2.22. The zero-order valence-corrected chi connectivity index (χ0v) is 24.1. The van der Waals surface area contributed by atoms with Gasteiger partial charge in [0.05, 0.1) is 6.04 Å². The van der Waals surface area contributed by atoms with Gasteiger partial charge in [-0.25, -0.2) is 0 Å². The molecule has 0 aromatic heterocycles. The van der Waals surface area contributed by atoms with Crippen LogP contribution in [0.4, 0.5) is 0 Å². The van der Waals surface area contributed by atoms with Crippen LogP contribution in [0.25, 0.3) is 6.08 Å². The van der Waals surface area contributed by atoms with Crippen molar-refractivity contribution >= 4 is 35.4 Å². The van der Waals surface area contributed by atoms with Gasteiger partial charge >= 0.3 is 0 Å².